The summed E-state index contributed by atoms with van der Waals surface area (Å²) in [6.45, 7) is 3.30. The van der Waals surface area contributed by atoms with Crippen molar-refractivity contribution in [3.8, 4) is 0 Å². The van der Waals surface area contributed by atoms with Crippen LogP contribution in [0.4, 0.5) is 4.39 Å². The quantitative estimate of drug-likeness (QED) is 0.921. The van der Waals surface area contributed by atoms with Gasteiger partial charge in [-0.25, -0.2) is 12.8 Å². The zero-order chi connectivity index (χ0) is 15.1. The van der Waals surface area contributed by atoms with Crippen molar-refractivity contribution in [2.24, 2.45) is 0 Å². The average Bonchev–Trinajstić information content (AvgIpc) is 3.13. The number of carbonyl (C=O) groups excluding carboxylic acids is 1. The fourth-order valence-corrected chi connectivity index (χ4v) is 3.42. The predicted molar refractivity (Wildman–Crippen MR) is 75.0 cm³/mol. The standard InChI is InChI=1S/C14H18FNO3S/c1-9-6-11(7-10(2)12(9)15)13(17)16-8-14(4-5-14)20(3,18)19/h6-7H,4-5,8H2,1-3H3,(H,16,17). The molecule has 1 aliphatic carbocycles. The van der Waals surface area contributed by atoms with Gasteiger partial charge in [-0.3, -0.25) is 4.79 Å². The fourth-order valence-electron chi connectivity index (χ4n) is 2.24. The number of hydrogen-bond acceptors (Lipinski definition) is 3. The van der Waals surface area contributed by atoms with Crippen LogP contribution in [0.2, 0.25) is 0 Å². The molecule has 1 aromatic rings. The summed E-state index contributed by atoms with van der Waals surface area (Å²) in [6, 6.07) is 2.94. The summed E-state index contributed by atoms with van der Waals surface area (Å²) in [5.74, 6) is -0.692. The third-order valence-electron chi connectivity index (χ3n) is 3.86. The molecule has 1 saturated carbocycles. The first-order valence-corrected chi connectivity index (χ1v) is 8.30. The Hall–Kier alpha value is -1.43. The van der Waals surface area contributed by atoms with Gasteiger partial charge in [0.05, 0.1) is 4.75 Å². The van der Waals surface area contributed by atoms with Gasteiger partial charge in [-0.15, -0.1) is 0 Å². The Labute approximate surface area is 118 Å². The number of sulfone groups is 1. The van der Waals surface area contributed by atoms with Gasteiger partial charge in [-0.1, -0.05) is 0 Å². The Bertz CT molecular complexity index is 640. The van der Waals surface area contributed by atoms with Crippen LogP contribution in [0.15, 0.2) is 12.1 Å². The maximum Gasteiger partial charge on any atom is 0.251 e. The SMILES string of the molecule is Cc1cc(C(=O)NCC2(S(C)(=O)=O)CC2)cc(C)c1F. The molecule has 0 aliphatic heterocycles. The van der Waals surface area contributed by atoms with Gasteiger partial charge in [0.25, 0.3) is 5.91 Å². The zero-order valence-corrected chi connectivity index (χ0v) is 12.6. The molecule has 6 heteroatoms. The number of carbonyl (C=O) groups is 1. The summed E-state index contributed by atoms with van der Waals surface area (Å²) in [7, 11) is -3.17. The van der Waals surface area contributed by atoms with E-state index in [4.69, 9.17) is 0 Å². The topological polar surface area (TPSA) is 63.2 Å². The van der Waals surface area contributed by atoms with Gasteiger partial charge >= 0.3 is 0 Å². The first-order chi connectivity index (χ1) is 9.16. The molecule has 0 unspecified atom stereocenters. The molecule has 1 amide bonds. The first-order valence-electron chi connectivity index (χ1n) is 6.41. The van der Waals surface area contributed by atoms with Gasteiger partial charge in [0.1, 0.15) is 5.82 Å². The number of halogens is 1. The van der Waals surface area contributed by atoms with Crippen LogP contribution >= 0.6 is 0 Å². The van der Waals surface area contributed by atoms with Crippen molar-refractivity contribution >= 4 is 15.7 Å². The summed E-state index contributed by atoms with van der Waals surface area (Å²) >= 11 is 0. The van der Waals surface area contributed by atoms with Crippen molar-refractivity contribution in [3.05, 3.63) is 34.6 Å². The van der Waals surface area contributed by atoms with Crippen molar-refractivity contribution in [1.29, 1.82) is 0 Å². The lowest BCUT2D eigenvalue weighted by atomic mass is 10.1. The van der Waals surface area contributed by atoms with E-state index in [0.29, 0.717) is 29.5 Å². The van der Waals surface area contributed by atoms with E-state index < -0.39 is 14.6 Å². The first kappa shape index (κ1) is 15.0. The highest BCUT2D eigenvalue weighted by Gasteiger charge is 2.52. The van der Waals surface area contributed by atoms with Gasteiger partial charge in [-0.05, 0) is 49.9 Å². The second-order valence-electron chi connectivity index (χ2n) is 5.56. The number of amides is 1. The van der Waals surface area contributed by atoms with Crippen LogP contribution in [-0.4, -0.2) is 31.9 Å². The molecular formula is C14H18FNO3S. The summed E-state index contributed by atoms with van der Waals surface area (Å²) in [4.78, 5) is 12.0. The lowest BCUT2D eigenvalue weighted by Gasteiger charge is -2.14. The molecule has 0 saturated heterocycles. The molecule has 1 N–H and O–H groups in total. The van der Waals surface area contributed by atoms with E-state index >= 15 is 0 Å². The van der Waals surface area contributed by atoms with Gasteiger partial charge in [0.15, 0.2) is 9.84 Å². The molecule has 0 aromatic heterocycles. The van der Waals surface area contributed by atoms with Crippen LogP contribution in [0.25, 0.3) is 0 Å². The molecule has 2 rings (SSSR count). The Morgan fingerprint density at radius 3 is 2.20 bits per heavy atom. The molecule has 0 radical (unpaired) electrons. The van der Waals surface area contributed by atoms with E-state index in [1.807, 2.05) is 0 Å². The number of hydrogen-bond donors (Lipinski definition) is 1. The molecule has 110 valence electrons. The molecule has 20 heavy (non-hydrogen) atoms. The molecule has 1 fully saturated rings. The number of nitrogens with one attached hydrogen (secondary N) is 1. The van der Waals surface area contributed by atoms with E-state index in [-0.39, 0.29) is 18.3 Å². The smallest absolute Gasteiger partial charge is 0.251 e. The zero-order valence-electron chi connectivity index (χ0n) is 11.8. The fraction of sp³-hybridized carbons (Fsp3) is 0.500. The minimum atomic E-state index is -3.17. The lowest BCUT2D eigenvalue weighted by molar-refractivity contribution is 0.0952. The van der Waals surface area contributed by atoms with E-state index in [2.05, 4.69) is 5.32 Å². The molecule has 4 nitrogen and oxygen atoms in total. The van der Waals surface area contributed by atoms with Crippen LogP contribution in [0, 0.1) is 19.7 Å². The number of rotatable bonds is 4. The van der Waals surface area contributed by atoms with Crippen molar-refractivity contribution in [3.63, 3.8) is 0 Å². The van der Waals surface area contributed by atoms with E-state index in [1.54, 1.807) is 13.8 Å². The van der Waals surface area contributed by atoms with Crippen LogP contribution < -0.4 is 5.32 Å². The highest BCUT2D eigenvalue weighted by molar-refractivity contribution is 7.92. The Kier molecular flexibility index (Phi) is 3.62. The van der Waals surface area contributed by atoms with Crippen LogP contribution in [0.5, 0.6) is 0 Å². The summed E-state index contributed by atoms with van der Waals surface area (Å²) < 4.78 is 35.9. The van der Waals surface area contributed by atoms with E-state index in [1.165, 1.54) is 18.4 Å². The summed E-state index contributed by atoms with van der Waals surface area (Å²) in [5.41, 5.74) is 1.16. The van der Waals surface area contributed by atoms with Crippen molar-refractivity contribution in [1.82, 2.24) is 5.32 Å². The highest BCUT2D eigenvalue weighted by atomic mass is 32.2. The maximum absolute atomic E-state index is 13.5. The minimum absolute atomic E-state index is 0.111. The van der Waals surface area contributed by atoms with E-state index in [9.17, 15) is 17.6 Å². The van der Waals surface area contributed by atoms with Crippen molar-refractivity contribution in [2.45, 2.75) is 31.4 Å². The van der Waals surface area contributed by atoms with Gasteiger partial charge in [0, 0.05) is 18.4 Å². The lowest BCUT2D eigenvalue weighted by Crippen LogP contribution is -2.38. The monoisotopic (exact) mass is 299 g/mol. The van der Waals surface area contributed by atoms with E-state index in [0.717, 1.165) is 0 Å². The highest BCUT2D eigenvalue weighted by Crippen LogP contribution is 2.42. The maximum atomic E-state index is 13.5. The second-order valence-corrected chi connectivity index (χ2v) is 7.97. The molecule has 1 aromatic carbocycles. The molecule has 1 aliphatic rings. The largest absolute Gasteiger partial charge is 0.350 e. The van der Waals surface area contributed by atoms with Crippen molar-refractivity contribution in [2.75, 3.05) is 12.8 Å². The molecular weight excluding hydrogens is 281 g/mol. The molecule has 0 heterocycles. The van der Waals surface area contributed by atoms with Crippen LogP contribution in [0.3, 0.4) is 0 Å². The van der Waals surface area contributed by atoms with Crippen LogP contribution in [-0.2, 0) is 9.84 Å². The third kappa shape index (κ3) is 2.70. The Morgan fingerprint density at radius 1 is 1.30 bits per heavy atom. The Balaban J connectivity index is 2.11. The van der Waals surface area contributed by atoms with Crippen LogP contribution in [0.1, 0.15) is 34.3 Å². The molecule has 0 spiro atoms. The normalized spacial score (nSPS) is 16.8. The molecule has 0 atom stereocenters. The predicted octanol–water partition coefficient (Wildman–Crippen LogP) is 1.75. The number of aryl methyl sites for hydroxylation is 2. The van der Waals surface area contributed by atoms with Gasteiger partial charge < -0.3 is 5.32 Å². The summed E-state index contributed by atoms with van der Waals surface area (Å²) in [5, 5.41) is 2.64. The summed E-state index contributed by atoms with van der Waals surface area (Å²) in [6.07, 6.45) is 2.35. The molecule has 0 bridgehead atoms. The third-order valence-corrected chi connectivity index (χ3v) is 5.99. The van der Waals surface area contributed by atoms with Gasteiger partial charge in [-0.2, -0.15) is 0 Å². The van der Waals surface area contributed by atoms with Gasteiger partial charge in [0.2, 0.25) is 0 Å². The average molecular weight is 299 g/mol. The van der Waals surface area contributed by atoms with Crippen molar-refractivity contribution < 1.29 is 17.6 Å². The number of benzene rings is 1. The minimum Gasteiger partial charge on any atom is -0.350 e. The second kappa shape index (κ2) is 4.84. The Morgan fingerprint density at radius 2 is 1.80 bits per heavy atom.